The van der Waals surface area contributed by atoms with Crippen LogP contribution in [0.4, 0.5) is 0 Å². The van der Waals surface area contributed by atoms with Gasteiger partial charge in [0, 0.05) is 12.0 Å². The quantitative estimate of drug-likeness (QED) is 0.651. The minimum Gasteiger partial charge on any atom is -0.394 e. The molecule has 3 nitrogen and oxygen atoms in total. The Morgan fingerprint density at radius 2 is 1.92 bits per heavy atom. The van der Waals surface area contributed by atoms with Gasteiger partial charge in [0.15, 0.2) is 5.78 Å². The first-order chi connectivity index (χ1) is 6.02. The van der Waals surface area contributed by atoms with Crippen molar-refractivity contribution >= 4 is 5.78 Å². The number of ketones is 1. The molecule has 0 heterocycles. The van der Waals surface area contributed by atoms with E-state index in [1.54, 1.807) is 0 Å². The fourth-order valence-electron chi connectivity index (χ4n) is 1.09. The van der Waals surface area contributed by atoms with E-state index in [1.165, 1.54) is 0 Å². The molecule has 0 amide bonds. The van der Waals surface area contributed by atoms with Gasteiger partial charge in [0.1, 0.15) is 0 Å². The third-order valence-corrected chi connectivity index (χ3v) is 2.19. The van der Waals surface area contributed by atoms with Gasteiger partial charge >= 0.3 is 0 Å². The maximum Gasteiger partial charge on any atom is 0.154 e. The Bertz CT molecular complexity index is 157. The second-order valence-corrected chi connectivity index (χ2v) is 3.77. The SMILES string of the molecule is CCC(C)NC(CO)C(=O)C(C)C. The number of aliphatic hydroxyl groups is 1. The molecule has 2 N–H and O–H groups in total. The molecular formula is C10H21NO2. The highest BCUT2D eigenvalue weighted by Crippen LogP contribution is 2.01. The van der Waals surface area contributed by atoms with Crippen LogP contribution in [0.15, 0.2) is 0 Å². The van der Waals surface area contributed by atoms with Gasteiger partial charge in [0.05, 0.1) is 12.6 Å². The van der Waals surface area contributed by atoms with Crippen LogP contribution >= 0.6 is 0 Å². The summed E-state index contributed by atoms with van der Waals surface area (Å²) in [6.07, 6.45) is 0.960. The monoisotopic (exact) mass is 187 g/mol. The Labute approximate surface area is 80.5 Å². The molecule has 0 spiro atoms. The molecule has 3 heteroatoms. The van der Waals surface area contributed by atoms with E-state index >= 15 is 0 Å². The lowest BCUT2D eigenvalue weighted by atomic mass is 10.0. The van der Waals surface area contributed by atoms with Gasteiger partial charge < -0.3 is 10.4 Å². The Morgan fingerprint density at radius 1 is 1.38 bits per heavy atom. The molecule has 0 aromatic heterocycles. The summed E-state index contributed by atoms with van der Waals surface area (Å²) in [6, 6.07) is -0.116. The number of hydrogen-bond acceptors (Lipinski definition) is 3. The van der Waals surface area contributed by atoms with E-state index in [2.05, 4.69) is 5.32 Å². The molecule has 0 bridgehead atoms. The predicted molar refractivity (Wildman–Crippen MR) is 53.6 cm³/mol. The third-order valence-electron chi connectivity index (χ3n) is 2.19. The Hall–Kier alpha value is -0.410. The van der Waals surface area contributed by atoms with E-state index in [4.69, 9.17) is 5.11 Å². The lowest BCUT2D eigenvalue weighted by Gasteiger charge is -2.21. The van der Waals surface area contributed by atoms with E-state index in [0.717, 1.165) is 6.42 Å². The molecule has 0 aromatic rings. The predicted octanol–water partition coefficient (Wildman–Crippen LogP) is 0.961. The van der Waals surface area contributed by atoms with Gasteiger partial charge in [0.2, 0.25) is 0 Å². The van der Waals surface area contributed by atoms with Crippen molar-refractivity contribution in [3.63, 3.8) is 0 Å². The van der Waals surface area contributed by atoms with Crippen LogP contribution in [0.5, 0.6) is 0 Å². The van der Waals surface area contributed by atoms with Crippen molar-refractivity contribution < 1.29 is 9.90 Å². The lowest BCUT2D eigenvalue weighted by Crippen LogP contribution is -2.45. The van der Waals surface area contributed by atoms with Crippen LogP contribution in [0, 0.1) is 5.92 Å². The van der Waals surface area contributed by atoms with Crippen molar-refractivity contribution in [2.75, 3.05) is 6.61 Å². The first kappa shape index (κ1) is 12.6. The molecule has 2 unspecified atom stereocenters. The average molecular weight is 187 g/mol. The third kappa shape index (κ3) is 4.39. The van der Waals surface area contributed by atoms with Gasteiger partial charge in [-0.3, -0.25) is 4.79 Å². The normalized spacial score (nSPS) is 15.8. The Kier molecular flexibility index (Phi) is 5.91. The molecule has 78 valence electrons. The summed E-state index contributed by atoms with van der Waals surface area (Å²) >= 11 is 0. The van der Waals surface area contributed by atoms with E-state index in [9.17, 15) is 4.79 Å². The first-order valence-corrected chi connectivity index (χ1v) is 4.93. The molecule has 13 heavy (non-hydrogen) atoms. The molecule has 0 aliphatic carbocycles. The van der Waals surface area contributed by atoms with Crippen LogP contribution in [0.25, 0.3) is 0 Å². The minimum absolute atomic E-state index is 0.0197. The molecule has 0 saturated carbocycles. The number of Topliss-reactive ketones (excluding diaryl/α,β-unsaturated/α-hetero) is 1. The zero-order valence-corrected chi connectivity index (χ0v) is 9.00. The van der Waals surface area contributed by atoms with Gasteiger partial charge in [-0.15, -0.1) is 0 Å². The van der Waals surface area contributed by atoms with Crippen molar-refractivity contribution in [2.45, 2.75) is 46.2 Å². The summed E-state index contributed by atoms with van der Waals surface area (Å²) in [7, 11) is 0. The van der Waals surface area contributed by atoms with Gasteiger partial charge in [0.25, 0.3) is 0 Å². The molecule has 0 saturated heterocycles. The summed E-state index contributed by atoms with van der Waals surface area (Å²) in [5.74, 6) is 0.0662. The van der Waals surface area contributed by atoms with Crippen LogP contribution in [-0.4, -0.2) is 29.6 Å². The molecule has 0 fully saturated rings. The van der Waals surface area contributed by atoms with Crippen LogP contribution in [0.1, 0.15) is 34.1 Å². The second kappa shape index (κ2) is 6.11. The number of rotatable bonds is 6. The summed E-state index contributed by atoms with van der Waals surface area (Å²) in [6.45, 7) is 7.65. The molecule has 0 radical (unpaired) electrons. The second-order valence-electron chi connectivity index (χ2n) is 3.77. The Morgan fingerprint density at radius 3 is 2.23 bits per heavy atom. The first-order valence-electron chi connectivity index (χ1n) is 4.93. The summed E-state index contributed by atoms with van der Waals surface area (Å²) in [5, 5.41) is 12.1. The van der Waals surface area contributed by atoms with Gasteiger partial charge in [-0.1, -0.05) is 20.8 Å². The molecular weight excluding hydrogens is 166 g/mol. The molecule has 2 atom stereocenters. The minimum atomic E-state index is -0.394. The highest BCUT2D eigenvalue weighted by molar-refractivity contribution is 5.85. The number of carbonyl (C=O) groups excluding carboxylic acids is 1. The maximum absolute atomic E-state index is 11.5. The number of hydrogen-bond donors (Lipinski definition) is 2. The average Bonchev–Trinajstić information content (AvgIpc) is 2.12. The van der Waals surface area contributed by atoms with Gasteiger partial charge in [-0.25, -0.2) is 0 Å². The van der Waals surface area contributed by atoms with Crippen LogP contribution in [0.2, 0.25) is 0 Å². The summed E-state index contributed by atoms with van der Waals surface area (Å²) in [5.41, 5.74) is 0. The van der Waals surface area contributed by atoms with E-state index in [1.807, 2.05) is 27.7 Å². The largest absolute Gasteiger partial charge is 0.394 e. The Balaban J connectivity index is 4.10. The van der Waals surface area contributed by atoms with Crippen molar-refractivity contribution in [3.05, 3.63) is 0 Å². The zero-order chi connectivity index (χ0) is 10.4. The molecule has 0 aliphatic heterocycles. The summed E-state index contributed by atoms with van der Waals surface area (Å²) in [4.78, 5) is 11.5. The van der Waals surface area contributed by atoms with Crippen molar-refractivity contribution in [1.29, 1.82) is 0 Å². The highest BCUT2D eigenvalue weighted by atomic mass is 16.3. The van der Waals surface area contributed by atoms with Crippen molar-refractivity contribution in [1.82, 2.24) is 5.32 Å². The fourth-order valence-corrected chi connectivity index (χ4v) is 1.09. The van der Waals surface area contributed by atoms with Gasteiger partial charge in [-0.05, 0) is 13.3 Å². The maximum atomic E-state index is 11.5. The number of aliphatic hydroxyl groups excluding tert-OH is 1. The van der Waals surface area contributed by atoms with Crippen LogP contribution in [-0.2, 0) is 4.79 Å². The highest BCUT2D eigenvalue weighted by Gasteiger charge is 2.20. The van der Waals surface area contributed by atoms with Crippen LogP contribution < -0.4 is 5.32 Å². The van der Waals surface area contributed by atoms with E-state index < -0.39 is 6.04 Å². The van der Waals surface area contributed by atoms with Crippen molar-refractivity contribution in [3.8, 4) is 0 Å². The van der Waals surface area contributed by atoms with Crippen LogP contribution in [0.3, 0.4) is 0 Å². The standard InChI is InChI=1S/C10H21NO2/c1-5-8(4)11-9(6-12)10(13)7(2)3/h7-9,11-12H,5-6H2,1-4H3. The number of nitrogens with one attached hydrogen (secondary N) is 1. The smallest absolute Gasteiger partial charge is 0.154 e. The van der Waals surface area contributed by atoms with Crippen molar-refractivity contribution in [2.24, 2.45) is 5.92 Å². The summed E-state index contributed by atoms with van der Waals surface area (Å²) < 4.78 is 0. The number of carbonyl (C=O) groups is 1. The fraction of sp³-hybridized carbons (Fsp3) is 0.900. The van der Waals surface area contributed by atoms with Gasteiger partial charge in [-0.2, -0.15) is 0 Å². The topological polar surface area (TPSA) is 49.3 Å². The van der Waals surface area contributed by atoms with E-state index in [-0.39, 0.29) is 24.3 Å². The van der Waals surface area contributed by atoms with E-state index in [0.29, 0.717) is 0 Å². The zero-order valence-electron chi connectivity index (χ0n) is 9.00. The molecule has 0 aromatic carbocycles. The lowest BCUT2D eigenvalue weighted by molar-refractivity contribution is -0.125. The molecule has 0 aliphatic rings. The molecule has 0 rings (SSSR count).